The minimum Gasteiger partial charge on any atom is -0.438 e. The summed E-state index contributed by atoms with van der Waals surface area (Å²) in [5.41, 5.74) is 0. The maximum Gasteiger partial charge on any atom is 0.890 e. The Labute approximate surface area is 59.8 Å². The predicted molar refractivity (Wildman–Crippen MR) is 35.5 cm³/mol. The van der Waals surface area contributed by atoms with Crippen molar-refractivity contribution in [2.24, 2.45) is 0 Å². The van der Waals surface area contributed by atoms with E-state index in [4.69, 9.17) is 19.3 Å². The van der Waals surface area contributed by atoms with Gasteiger partial charge in [-0.1, -0.05) is 19.3 Å². The molecule has 0 atom stereocenters. The van der Waals surface area contributed by atoms with Gasteiger partial charge in [0.05, 0.1) is 18.3 Å². The second kappa shape index (κ2) is 5.28. The molecule has 4 heteroatoms. The van der Waals surface area contributed by atoms with E-state index >= 15 is 0 Å². The van der Waals surface area contributed by atoms with Gasteiger partial charge in [-0.25, -0.2) is 0 Å². The summed E-state index contributed by atoms with van der Waals surface area (Å²) in [4.78, 5) is 0. The van der Waals surface area contributed by atoms with E-state index in [0.29, 0.717) is 0 Å². The van der Waals surface area contributed by atoms with Crippen LogP contribution in [0.2, 0.25) is 0 Å². The summed E-state index contributed by atoms with van der Waals surface area (Å²) in [5, 5.41) is 0. The highest BCUT2D eigenvalue weighted by Crippen LogP contribution is 1.87. The summed E-state index contributed by atoms with van der Waals surface area (Å²) in [7, 11) is -1.18. The van der Waals surface area contributed by atoms with Crippen LogP contribution in [-0.2, 0) is 14.0 Å². The molecule has 0 heterocycles. The molecule has 0 bridgehead atoms. The van der Waals surface area contributed by atoms with Gasteiger partial charge in [0.2, 0.25) is 0 Å². The minimum absolute atomic E-state index is 1.18. The molecule has 0 unspecified atom stereocenters. The lowest BCUT2D eigenvalue weighted by Crippen LogP contribution is -2.20. The van der Waals surface area contributed by atoms with Crippen LogP contribution in [0.5, 0.6) is 0 Å². The molecule has 0 fully saturated rings. The van der Waals surface area contributed by atoms with Crippen LogP contribution in [0, 0.1) is 37.6 Å². The van der Waals surface area contributed by atoms with Crippen molar-refractivity contribution >= 4 is 7.32 Å². The highest BCUT2D eigenvalue weighted by Gasteiger charge is 2.26. The summed E-state index contributed by atoms with van der Waals surface area (Å²) in [6.07, 6.45) is 19.6. The van der Waals surface area contributed by atoms with Crippen LogP contribution in [0.3, 0.4) is 0 Å². The van der Waals surface area contributed by atoms with E-state index < -0.39 is 7.32 Å². The van der Waals surface area contributed by atoms with Gasteiger partial charge in [-0.2, -0.15) is 0 Å². The van der Waals surface area contributed by atoms with Gasteiger partial charge in [-0.3, -0.25) is 0 Å². The lowest BCUT2D eigenvalue weighted by molar-refractivity contribution is 0.258. The summed E-state index contributed by atoms with van der Waals surface area (Å²) in [5.74, 6) is 0. The molecule has 3 nitrogen and oxygen atoms in total. The molecule has 0 aromatic heterocycles. The van der Waals surface area contributed by atoms with Gasteiger partial charge in [-0.05, 0) is 0 Å². The van der Waals surface area contributed by atoms with Gasteiger partial charge in [-0.15, -0.1) is 0 Å². The molecule has 0 aromatic rings. The molecule has 0 spiro atoms. The van der Waals surface area contributed by atoms with Crippen molar-refractivity contribution in [2.75, 3.05) is 0 Å². The highest BCUT2D eigenvalue weighted by atomic mass is 16.7. The average molecular weight is 134 g/mol. The maximum absolute atomic E-state index is 4.72. The van der Waals surface area contributed by atoms with E-state index in [1.54, 1.807) is 18.3 Å². The molecule has 0 rings (SSSR count). The fourth-order valence-electron chi connectivity index (χ4n) is 0.239. The number of terminal acetylenes is 3. The summed E-state index contributed by atoms with van der Waals surface area (Å²) in [6, 6.07) is 0. The van der Waals surface area contributed by atoms with Crippen LogP contribution in [-0.4, -0.2) is 7.32 Å². The summed E-state index contributed by atoms with van der Waals surface area (Å²) < 4.78 is 13.0. The van der Waals surface area contributed by atoms with Crippen molar-refractivity contribution in [1.82, 2.24) is 0 Å². The van der Waals surface area contributed by atoms with E-state index in [-0.39, 0.29) is 0 Å². The zero-order valence-corrected chi connectivity index (χ0v) is 5.03. The molecule has 0 aliphatic carbocycles. The Bertz CT molecular complexity index is 166. The highest BCUT2D eigenvalue weighted by molar-refractivity contribution is 6.37. The maximum atomic E-state index is 4.72. The normalized spacial score (nSPS) is 5.70. The molecule has 0 amide bonds. The second-order valence-electron chi connectivity index (χ2n) is 0.996. The van der Waals surface area contributed by atoms with Crippen LogP contribution in [0.4, 0.5) is 0 Å². The molecule has 0 aliphatic heterocycles. The first kappa shape index (κ1) is 8.14. The van der Waals surface area contributed by atoms with Crippen molar-refractivity contribution in [3.63, 3.8) is 0 Å². The number of hydrogen-bond acceptors (Lipinski definition) is 3. The van der Waals surface area contributed by atoms with Crippen LogP contribution in [0.15, 0.2) is 0 Å². The average Bonchev–Trinajstić information content (AvgIpc) is 1.90. The van der Waals surface area contributed by atoms with E-state index in [2.05, 4.69) is 14.0 Å². The molecular weight excluding hydrogens is 131 g/mol. The van der Waals surface area contributed by atoms with Gasteiger partial charge < -0.3 is 14.0 Å². The van der Waals surface area contributed by atoms with Gasteiger partial charge in [0.1, 0.15) is 0 Å². The van der Waals surface area contributed by atoms with Crippen molar-refractivity contribution in [3.8, 4) is 37.6 Å². The molecule has 0 N–H and O–H groups in total. The van der Waals surface area contributed by atoms with Crippen LogP contribution < -0.4 is 0 Å². The van der Waals surface area contributed by atoms with Crippen LogP contribution in [0.1, 0.15) is 0 Å². The molecule has 0 radical (unpaired) electrons. The Hall–Kier alpha value is -1.86. The van der Waals surface area contributed by atoms with Gasteiger partial charge in [0.15, 0.2) is 0 Å². The molecule has 0 aliphatic rings. The van der Waals surface area contributed by atoms with Crippen molar-refractivity contribution in [3.05, 3.63) is 0 Å². The molecule has 0 saturated heterocycles. The first-order chi connectivity index (χ1) is 4.85. The van der Waals surface area contributed by atoms with Crippen molar-refractivity contribution in [2.45, 2.75) is 0 Å². The fourth-order valence-corrected chi connectivity index (χ4v) is 0.239. The van der Waals surface area contributed by atoms with E-state index in [0.717, 1.165) is 0 Å². The molecule has 0 saturated carbocycles. The van der Waals surface area contributed by atoms with Gasteiger partial charge in [0, 0.05) is 0 Å². The van der Waals surface area contributed by atoms with E-state index in [1.807, 2.05) is 0 Å². The third kappa shape index (κ3) is 3.19. The van der Waals surface area contributed by atoms with Crippen molar-refractivity contribution < 1.29 is 14.0 Å². The van der Waals surface area contributed by atoms with Crippen LogP contribution >= 0.6 is 0 Å². The predicted octanol–water partition coefficient (Wildman–Crippen LogP) is -0.207. The number of rotatable bonds is 3. The summed E-state index contributed by atoms with van der Waals surface area (Å²) >= 11 is 0. The minimum atomic E-state index is -1.18. The molecule has 48 valence electrons. The summed E-state index contributed by atoms with van der Waals surface area (Å²) in [6.45, 7) is 0. The zero-order valence-electron chi connectivity index (χ0n) is 5.03. The second-order valence-corrected chi connectivity index (χ2v) is 0.996. The molecule has 0 aromatic carbocycles. The molecular formula is C6H3BO3. The third-order valence-corrected chi connectivity index (χ3v) is 0.493. The topological polar surface area (TPSA) is 27.7 Å². The van der Waals surface area contributed by atoms with Crippen molar-refractivity contribution in [1.29, 1.82) is 0 Å². The first-order valence-electron chi connectivity index (χ1n) is 2.19. The van der Waals surface area contributed by atoms with Gasteiger partial charge >= 0.3 is 7.32 Å². The Kier molecular flexibility index (Phi) is 4.30. The quantitative estimate of drug-likeness (QED) is 0.394. The number of hydrogen-bond donors (Lipinski definition) is 0. The Morgan fingerprint density at radius 1 is 0.800 bits per heavy atom. The lowest BCUT2D eigenvalue weighted by Gasteiger charge is -2.00. The molecule has 10 heavy (non-hydrogen) atoms. The van der Waals surface area contributed by atoms with Gasteiger partial charge in [0.25, 0.3) is 0 Å². The SMILES string of the molecule is C#COB(OC#C)OC#C. The zero-order chi connectivity index (χ0) is 7.82. The Balaban J connectivity index is 3.68. The van der Waals surface area contributed by atoms with Crippen LogP contribution in [0.25, 0.3) is 0 Å². The Morgan fingerprint density at radius 3 is 1.30 bits per heavy atom. The van der Waals surface area contributed by atoms with E-state index in [1.165, 1.54) is 0 Å². The first-order valence-corrected chi connectivity index (χ1v) is 2.19. The third-order valence-electron chi connectivity index (χ3n) is 0.493. The Morgan fingerprint density at radius 2 is 1.10 bits per heavy atom. The smallest absolute Gasteiger partial charge is 0.438 e. The largest absolute Gasteiger partial charge is 0.890 e. The lowest BCUT2D eigenvalue weighted by atomic mass is 10.2. The fraction of sp³-hybridized carbons (Fsp3) is 0. The monoisotopic (exact) mass is 134 g/mol. The standard InChI is InChI=1S/C6H3BO3/c1-4-8-7(9-5-2)10-6-3/h1-3H. The van der Waals surface area contributed by atoms with E-state index in [9.17, 15) is 0 Å².